The second-order valence-corrected chi connectivity index (χ2v) is 5.49. The van der Waals surface area contributed by atoms with Crippen LogP contribution in [0.4, 0.5) is 18.0 Å². The Hall–Kier alpha value is -2.25. The van der Waals surface area contributed by atoms with Crippen molar-refractivity contribution in [1.29, 1.82) is 0 Å². The van der Waals surface area contributed by atoms with Crippen molar-refractivity contribution >= 4 is 12.1 Å². The van der Waals surface area contributed by atoms with Gasteiger partial charge in [-0.2, -0.15) is 13.2 Å². The molecule has 0 aliphatic heterocycles. The lowest BCUT2D eigenvalue weighted by molar-refractivity contribution is -0.211. The molecule has 23 heavy (non-hydrogen) atoms. The molecule has 0 unspecified atom stereocenters. The van der Waals surface area contributed by atoms with Crippen molar-refractivity contribution < 1.29 is 32.6 Å². The van der Waals surface area contributed by atoms with Crippen LogP contribution in [0.1, 0.15) is 25.8 Å². The molecule has 0 saturated heterocycles. The first-order valence-corrected chi connectivity index (χ1v) is 6.87. The van der Waals surface area contributed by atoms with Crippen LogP contribution in [0.3, 0.4) is 0 Å². The third kappa shape index (κ3) is 4.87. The van der Waals surface area contributed by atoms with Gasteiger partial charge < -0.3 is 9.84 Å². The minimum Gasteiger partial charge on any atom is -0.479 e. The lowest BCUT2D eigenvalue weighted by Crippen LogP contribution is -2.64. The van der Waals surface area contributed by atoms with E-state index in [1.54, 1.807) is 30.3 Å². The zero-order chi connectivity index (χ0) is 17.7. The van der Waals surface area contributed by atoms with E-state index >= 15 is 0 Å². The number of ether oxygens (including phenoxy) is 1. The maximum atomic E-state index is 13.3. The number of aliphatic carboxylic acids is 1. The van der Waals surface area contributed by atoms with Gasteiger partial charge in [0.25, 0.3) is 0 Å². The predicted molar refractivity (Wildman–Crippen MR) is 75.6 cm³/mol. The minimum atomic E-state index is -5.16. The number of alkyl halides is 3. The van der Waals surface area contributed by atoms with Gasteiger partial charge in [0.15, 0.2) is 0 Å². The summed E-state index contributed by atoms with van der Waals surface area (Å²) in [6.45, 7) is 2.60. The Bertz CT molecular complexity index is 545. The topological polar surface area (TPSA) is 75.6 Å². The van der Waals surface area contributed by atoms with Crippen LogP contribution in [-0.4, -0.2) is 28.9 Å². The second-order valence-electron chi connectivity index (χ2n) is 5.49. The van der Waals surface area contributed by atoms with E-state index in [1.807, 2.05) is 0 Å². The second kappa shape index (κ2) is 7.34. The maximum absolute atomic E-state index is 13.3. The summed E-state index contributed by atoms with van der Waals surface area (Å²) in [5.41, 5.74) is -2.81. The Balaban J connectivity index is 2.87. The van der Waals surface area contributed by atoms with E-state index in [0.717, 1.165) is 0 Å². The average Bonchev–Trinajstić information content (AvgIpc) is 2.43. The molecule has 1 rings (SSSR count). The molecule has 8 heteroatoms. The van der Waals surface area contributed by atoms with Crippen LogP contribution in [-0.2, 0) is 16.1 Å². The molecule has 1 amide bonds. The van der Waals surface area contributed by atoms with Crippen molar-refractivity contribution in [2.24, 2.45) is 5.92 Å². The van der Waals surface area contributed by atoms with Crippen molar-refractivity contribution in [2.45, 2.75) is 38.6 Å². The van der Waals surface area contributed by atoms with E-state index in [-0.39, 0.29) is 6.61 Å². The summed E-state index contributed by atoms with van der Waals surface area (Å²) < 4.78 is 44.5. The molecule has 1 aromatic carbocycles. The van der Waals surface area contributed by atoms with E-state index in [2.05, 4.69) is 0 Å². The van der Waals surface area contributed by atoms with E-state index in [0.29, 0.717) is 5.56 Å². The number of amides is 1. The highest BCUT2D eigenvalue weighted by molar-refractivity contribution is 5.85. The van der Waals surface area contributed by atoms with Gasteiger partial charge in [0, 0.05) is 0 Å². The fraction of sp³-hybridized carbons (Fsp3) is 0.467. The van der Waals surface area contributed by atoms with Crippen molar-refractivity contribution in [3.8, 4) is 0 Å². The molecular weight excluding hydrogens is 315 g/mol. The van der Waals surface area contributed by atoms with Gasteiger partial charge in [0.2, 0.25) is 5.54 Å². The van der Waals surface area contributed by atoms with Crippen molar-refractivity contribution in [3.63, 3.8) is 0 Å². The molecule has 1 atom stereocenters. The van der Waals surface area contributed by atoms with Crippen molar-refractivity contribution in [2.75, 3.05) is 0 Å². The Kier molecular flexibility index (Phi) is 6.00. The Labute approximate surface area is 131 Å². The molecule has 0 aromatic heterocycles. The lowest BCUT2D eigenvalue weighted by Gasteiger charge is -2.33. The molecule has 0 spiro atoms. The quantitative estimate of drug-likeness (QED) is 0.837. The predicted octanol–water partition coefficient (Wildman–Crippen LogP) is 3.34. The van der Waals surface area contributed by atoms with Crippen molar-refractivity contribution in [1.82, 2.24) is 5.32 Å². The Morgan fingerprint density at radius 1 is 1.22 bits per heavy atom. The normalized spacial score (nSPS) is 14.2. The number of benzene rings is 1. The van der Waals surface area contributed by atoms with Gasteiger partial charge in [-0.1, -0.05) is 44.2 Å². The highest BCUT2D eigenvalue weighted by atomic mass is 19.4. The number of hydrogen-bond donors (Lipinski definition) is 2. The Morgan fingerprint density at radius 2 is 1.78 bits per heavy atom. The molecule has 128 valence electrons. The summed E-state index contributed by atoms with van der Waals surface area (Å²) in [6.07, 6.45) is -7.39. The fourth-order valence-corrected chi connectivity index (χ4v) is 2.05. The summed E-state index contributed by atoms with van der Waals surface area (Å²) in [4.78, 5) is 22.9. The third-order valence-corrected chi connectivity index (χ3v) is 3.09. The number of nitrogens with one attached hydrogen (secondary N) is 1. The number of alkyl carbamates (subject to hydrolysis) is 1. The van der Waals surface area contributed by atoms with E-state index < -0.39 is 36.1 Å². The first-order chi connectivity index (χ1) is 10.6. The van der Waals surface area contributed by atoms with Gasteiger partial charge in [0.05, 0.1) is 0 Å². The highest BCUT2D eigenvalue weighted by Crippen LogP contribution is 2.36. The Morgan fingerprint density at radius 3 is 2.22 bits per heavy atom. The lowest BCUT2D eigenvalue weighted by atomic mass is 9.88. The molecule has 0 aliphatic carbocycles. The number of carbonyl (C=O) groups excluding carboxylic acids is 1. The molecule has 0 bridgehead atoms. The molecule has 0 aliphatic rings. The van der Waals surface area contributed by atoms with Crippen LogP contribution in [0.25, 0.3) is 0 Å². The average molecular weight is 333 g/mol. The number of rotatable bonds is 6. The minimum absolute atomic E-state index is 0.262. The van der Waals surface area contributed by atoms with Crippen LogP contribution in [0, 0.1) is 5.92 Å². The molecule has 0 fully saturated rings. The fourth-order valence-electron chi connectivity index (χ4n) is 2.05. The first kappa shape index (κ1) is 18.8. The molecule has 0 radical (unpaired) electrons. The maximum Gasteiger partial charge on any atom is 0.422 e. The van der Waals surface area contributed by atoms with Gasteiger partial charge in [-0.25, -0.2) is 9.59 Å². The molecule has 5 nitrogen and oxygen atoms in total. The standard InChI is InChI=1S/C15H18F3NO4/c1-10(2)8-14(12(20)21,15(16,17)18)19-13(22)23-9-11-6-4-3-5-7-11/h3-7,10H,8-9H2,1-2H3,(H,19,22)(H,20,21)/t14-/m1/s1. The summed E-state index contributed by atoms with van der Waals surface area (Å²) in [7, 11) is 0. The summed E-state index contributed by atoms with van der Waals surface area (Å²) >= 11 is 0. The van der Waals surface area contributed by atoms with Crippen LogP contribution < -0.4 is 5.32 Å². The van der Waals surface area contributed by atoms with E-state index in [1.165, 1.54) is 19.2 Å². The molecular formula is C15H18F3NO4. The first-order valence-electron chi connectivity index (χ1n) is 6.87. The summed E-state index contributed by atoms with van der Waals surface area (Å²) in [6, 6.07) is 8.32. The molecule has 0 heterocycles. The molecule has 2 N–H and O–H groups in total. The van der Waals surface area contributed by atoms with Crippen molar-refractivity contribution in [3.05, 3.63) is 35.9 Å². The number of hydrogen-bond acceptors (Lipinski definition) is 3. The summed E-state index contributed by atoms with van der Waals surface area (Å²) in [5.74, 6) is -2.78. The number of carbonyl (C=O) groups is 2. The van der Waals surface area contributed by atoms with Crippen LogP contribution in [0.2, 0.25) is 0 Å². The zero-order valence-electron chi connectivity index (χ0n) is 12.7. The van der Waals surface area contributed by atoms with E-state index in [9.17, 15) is 22.8 Å². The van der Waals surface area contributed by atoms with Gasteiger partial charge in [-0.05, 0) is 17.9 Å². The zero-order valence-corrected chi connectivity index (χ0v) is 12.7. The van der Waals surface area contributed by atoms with E-state index in [4.69, 9.17) is 9.84 Å². The van der Waals surface area contributed by atoms with Gasteiger partial charge >= 0.3 is 18.2 Å². The largest absolute Gasteiger partial charge is 0.479 e. The highest BCUT2D eigenvalue weighted by Gasteiger charge is 2.62. The van der Waals surface area contributed by atoms with Gasteiger partial charge in [0.1, 0.15) is 6.61 Å². The number of carboxylic acids is 1. The smallest absolute Gasteiger partial charge is 0.422 e. The van der Waals surface area contributed by atoms with Crippen LogP contribution >= 0.6 is 0 Å². The number of carboxylic acid groups (broad SMARTS) is 1. The third-order valence-electron chi connectivity index (χ3n) is 3.09. The van der Waals surface area contributed by atoms with Crippen LogP contribution in [0.5, 0.6) is 0 Å². The number of halogens is 3. The monoisotopic (exact) mass is 333 g/mol. The molecule has 0 saturated carbocycles. The van der Waals surface area contributed by atoms with Gasteiger partial charge in [-0.3, -0.25) is 5.32 Å². The van der Waals surface area contributed by atoms with Gasteiger partial charge in [-0.15, -0.1) is 0 Å². The molecule has 1 aromatic rings. The summed E-state index contributed by atoms with van der Waals surface area (Å²) in [5, 5.41) is 10.5. The van der Waals surface area contributed by atoms with Crippen LogP contribution in [0.15, 0.2) is 30.3 Å². The SMILES string of the molecule is CC(C)C[C@@](NC(=O)OCc1ccccc1)(C(=O)O)C(F)(F)F.